The van der Waals surface area contributed by atoms with Gasteiger partial charge in [0.2, 0.25) is 0 Å². The molecule has 1 aromatic rings. The summed E-state index contributed by atoms with van der Waals surface area (Å²) in [5.41, 5.74) is 5.51. The van der Waals surface area contributed by atoms with Crippen molar-refractivity contribution in [1.29, 1.82) is 0 Å². The van der Waals surface area contributed by atoms with E-state index in [0.717, 1.165) is 18.7 Å². The molecule has 2 aliphatic heterocycles. The van der Waals surface area contributed by atoms with E-state index in [2.05, 4.69) is 15.1 Å². The number of carbonyl (C=O) groups is 1. The van der Waals surface area contributed by atoms with E-state index >= 15 is 0 Å². The lowest BCUT2D eigenvalue weighted by Crippen LogP contribution is -2.55. The fourth-order valence-electron chi connectivity index (χ4n) is 2.91. The van der Waals surface area contributed by atoms with Crippen LogP contribution in [0.1, 0.15) is 12.8 Å². The molecule has 0 spiro atoms. The summed E-state index contributed by atoms with van der Waals surface area (Å²) in [6.07, 6.45) is 1.04. The van der Waals surface area contributed by atoms with Crippen molar-refractivity contribution in [2.45, 2.75) is 24.9 Å². The van der Waals surface area contributed by atoms with Crippen LogP contribution in [-0.4, -0.2) is 51.5 Å². The molecule has 2 bridgehead atoms. The molecule has 1 amide bonds. The Morgan fingerprint density at radius 1 is 1.28 bits per heavy atom. The van der Waals surface area contributed by atoms with Crippen molar-refractivity contribution in [1.82, 2.24) is 15.1 Å². The first-order valence-corrected chi connectivity index (χ1v) is 6.00. The van der Waals surface area contributed by atoms with Gasteiger partial charge in [0.25, 0.3) is 0 Å². The quantitative estimate of drug-likeness (QED) is 0.747. The highest BCUT2D eigenvalue weighted by molar-refractivity contribution is 5.67. The number of nitrogen functional groups attached to an aromatic ring is 1. The van der Waals surface area contributed by atoms with Gasteiger partial charge in [-0.1, -0.05) is 0 Å². The molecule has 0 aromatic carbocycles. The monoisotopic (exact) mass is 249 g/mol. The lowest BCUT2D eigenvalue weighted by molar-refractivity contribution is 0.114. The van der Waals surface area contributed by atoms with Crippen molar-refractivity contribution >= 4 is 17.7 Å². The van der Waals surface area contributed by atoms with Crippen molar-refractivity contribution in [2.75, 3.05) is 23.7 Å². The van der Waals surface area contributed by atoms with Gasteiger partial charge in [0.05, 0.1) is 12.1 Å². The Hall–Kier alpha value is -2.05. The number of nitrogens with zero attached hydrogens (tertiary/aromatic N) is 4. The molecule has 3 N–H and O–H groups in total. The van der Waals surface area contributed by atoms with Gasteiger partial charge in [0, 0.05) is 13.1 Å². The first-order valence-electron chi connectivity index (χ1n) is 6.00. The summed E-state index contributed by atoms with van der Waals surface area (Å²) in [4.78, 5) is 14.8. The van der Waals surface area contributed by atoms with Crippen LogP contribution in [0.5, 0.6) is 0 Å². The lowest BCUT2D eigenvalue weighted by atomic mass is 10.2. The zero-order valence-corrected chi connectivity index (χ0v) is 9.86. The van der Waals surface area contributed by atoms with Crippen LogP contribution in [0.25, 0.3) is 0 Å². The summed E-state index contributed by atoms with van der Waals surface area (Å²) in [5, 5.41) is 17.1. The first kappa shape index (κ1) is 11.1. The van der Waals surface area contributed by atoms with E-state index in [-0.39, 0.29) is 12.1 Å². The van der Waals surface area contributed by atoms with Gasteiger partial charge in [-0.3, -0.25) is 4.90 Å². The van der Waals surface area contributed by atoms with Crippen LogP contribution in [0.15, 0.2) is 12.1 Å². The summed E-state index contributed by atoms with van der Waals surface area (Å²) in [6.45, 7) is 1.36. The summed E-state index contributed by atoms with van der Waals surface area (Å²) < 4.78 is 0. The molecule has 0 aliphatic carbocycles. The number of nitrogens with two attached hydrogens (primary N) is 1. The van der Waals surface area contributed by atoms with Crippen molar-refractivity contribution in [2.24, 2.45) is 0 Å². The average Bonchev–Trinajstić information content (AvgIpc) is 2.62. The Labute approximate surface area is 104 Å². The first-order chi connectivity index (χ1) is 8.65. The molecule has 7 nitrogen and oxygen atoms in total. The standard InChI is InChI=1S/C11H15N5O2/c12-9-3-4-10(14-13-9)15-5-7-1-2-8(6-15)16(7)11(17)18/h3-4,7-8H,1-2,5-6H2,(H2,12,13)(H,17,18). The number of aromatic nitrogens is 2. The number of hydrogen-bond acceptors (Lipinski definition) is 5. The molecule has 2 aliphatic rings. The van der Waals surface area contributed by atoms with Crippen LogP contribution in [0.2, 0.25) is 0 Å². The number of carboxylic acid groups (broad SMARTS) is 1. The highest BCUT2D eigenvalue weighted by Crippen LogP contribution is 2.31. The number of anilines is 2. The largest absolute Gasteiger partial charge is 0.465 e. The Morgan fingerprint density at radius 2 is 1.94 bits per heavy atom. The average molecular weight is 249 g/mol. The van der Waals surface area contributed by atoms with E-state index in [0.29, 0.717) is 18.9 Å². The van der Waals surface area contributed by atoms with Crippen molar-refractivity contribution in [3.63, 3.8) is 0 Å². The molecule has 18 heavy (non-hydrogen) atoms. The zero-order valence-electron chi connectivity index (χ0n) is 9.86. The van der Waals surface area contributed by atoms with E-state index in [4.69, 9.17) is 5.73 Å². The van der Waals surface area contributed by atoms with E-state index in [1.165, 1.54) is 0 Å². The third-order valence-electron chi connectivity index (χ3n) is 3.70. The topological polar surface area (TPSA) is 95.6 Å². The molecule has 2 fully saturated rings. The molecular formula is C11H15N5O2. The highest BCUT2D eigenvalue weighted by Gasteiger charge is 2.43. The van der Waals surface area contributed by atoms with Gasteiger partial charge >= 0.3 is 6.09 Å². The predicted molar refractivity (Wildman–Crippen MR) is 65.3 cm³/mol. The Bertz CT molecular complexity index is 449. The minimum absolute atomic E-state index is 0.0700. The molecular weight excluding hydrogens is 234 g/mol. The molecule has 0 radical (unpaired) electrons. The summed E-state index contributed by atoms with van der Waals surface area (Å²) >= 11 is 0. The van der Waals surface area contributed by atoms with Crippen LogP contribution in [0.4, 0.5) is 16.4 Å². The van der Waals surface area contributed by atoms with Gasteiger partial charge in [-0.05, 0) is 25.0 Å². The lowest BCUT2D eigenvalue weighted by Gasteiger charge is -2.39. The normalized spacial score (nSPS) is 26.4. The summed E-state index contributed by atoms with van der Waals surface area (Å²) in [5.74, 6) is 1.16. The molecule has 96 valence electrons. The third kappa shape index (κ3) is 1.71. The van der Waals surface area contributed by atoms with Crippen molar-refractivity contribution in [3.05, 3.63) is 12.1 Å². The number of fused-ring (bicyclic) bond motifs is 2. The van der Waals surface area contributed by atoms with Crippen LogP contribution in [0, 0.1) is 0 Å². The Morgan fingerprint density at radius 3 is 2.44 bits per heavy atom. The van der Waals surface area contributed by atoms with Gasteiger partial charge in [-0.2, -0.15) is 0 Å². The molecule has 2 saturated heterocycles. The van der Waals surface area contributed by atoms with Crippen molar-refractivity contribution < 1.29 is 9.90 Å². The predicted octanol–water partition coefficient (Wildman–Crippen LogP) is 0.390. The van der Waals surface area contributed by atoms with Crippen LogP contribution >= 0.6 is 0 Å². The van der Waals surface area contributed by atoms with Crippen LogP contribution < -0.4 is 10.6 Å². The number of piperazine rings is 1. The van der Waals surface area contributed by atoms with Gasteiger partial charge in [-0.25, -0.2) is 4.79 Å². The molecule has 2 unspecified atom stereocenters. The molecule has 7 heteroatoms. The SMILES string of the molecule is Nc1ccc(N2CC3CCC(C2)N3C(=O)O)nn1. The smallest absolute Gasteiger partial charge is 0.407 e. The zero-order chi connectivity index (χ0) is 12.7. The maximum absolute atomic E-state index is 11.2. The second-order valence-electron chi connectivity index (χ2n) is 4.80. The molecule has 1 aromatic heterocycles. The summed E-state index contributed by atoms with van der Waals surface area (Å²) in [7, 11) is 0. The molecule has 0 saturated carbocycles. The molecule has 2 atom stereocenters. The third-order valence-corrected chi connectivity index (χ3v) is 3.70. The number of amides is 1. The minimum Gasteiger partial charge on any atom is -0.465 e. The minimum atomic E-state index is -0.814. The molecule has 3 rings (SSSR count). The number of hydrogen-bond donors (Lipinski definition) is 2. The molecule has 3 heterocycles. The van der Waals surface area contributed by atoms with Gasteiger partial charge in [0.15, 0.2) is 5.82 Å². The highest BCUT2D eigenvalue weighted by atomic mass is 16.4. The van der Waals surface area contributed by atoms with E-state index in [1.807, 2.05) is 6.07 Å². The Kier molecular flexibility index (Phi) is 2.46. The maximum atomic E-state index is 11.2. The van der Waals surface area contributed by atoms with E-state index < -0.39 is 6.09 Å². The van der Waals surface area contributed by atoms with Gasteiger partial charge < -0.3 is 15.7 Å². The number of rotatable bonds is 1. The Balaban J connectivity index is 1.79. The van der Waals surface area contributed by atoms with Crippen molar-refractivity contribution in [3.8, 4) is 0 Å². The fraction of sp³-hybridized carbons (Fsp3) is 0.545. The van der Waals surface area contributed by atoms with Crippen LogP contribution in [0.3, 0.4) is 0 Å². The van der Waals surface area contributed by atoms with E-state index in [9.17, 15) is 9.90 Å². The second kappa shape index (κ2) is 4.01. The van der Waals surface area contributed by atoms with Gasteiger partial charge in [0.1, 0.15) is 5.82 Å². The summed E-state index contributed by atoms with van der Waals surface area (Å²) in [6, 6.07) is 3.69. The van der Waals surface area contributed by atoms with Gasteiger partial charge in [-0.15, -0.1) is 10.2 Å². The second-order valence-corrected chi connectivity index (χ2v) is 4.80. The van der Waals surface area contributed by atoms with E-state index in [1.54, 1.807) is 11.0 Å². The maximum Gasteiger partial charge on any atom is 0.407 e. The van der Waals surface area contributed by atoms with Crippen LogP contribution in [-0.2, 0) is 0 Å². The fourth-order valence-corrected chi connectivity index (χ4v) is 2.91.